The van der Waals surface area contributed by atoms with E-state index >= 15 is 0 Å². The number of thioether (sulfide) groups is 1. The van der Waals surface area contributed by atoms with Gasteiger partial charge in [-0.3, -0.25) is 9.69 Å². The summed E-state index contributed by atoms with van der Waals surface area (Å²) < 4.78 is 14.8. The van der Waals surface area contributed by atoms with E-state index in [-0.39, 0.29) is 22.9 Å². The van der Waals surface area contributed by atoms with E-state index < -0.39 is 0 Å². The summed E-state index contributed by atoms with van der Waals surface area (Å²) in [5.41, 5.74) is 2.20. The van der Waals surface area contributed by atoms with Gasteiger partial charge in [0, 0.05) is 16.4 Å². The number of anilines is 1. The second-order valence-corrected chi connectivity index (χ2v) is 10.5. The number of nitrogens with zero attached hydrogens (tertiary/aromatic N) is 5. The van der Waals surface area contributed by atoms with Crippen LogP contribution in [0, 0.1) is 5.82 Å². The molecular formula is C24H25FN6OS2. The number of hydrogen-bond acceptors (Lipinski definition) is 7. The van der Waals surface area contributed by atoms with E-state index in [1.165, 1.54) is 39.9 Å². The van der Waals surface area contributed by atoms with Gasteiger partial charge >= 0.3 is 0 Å². The van der Waals surface area contributed by atoms with E-state index in [4.69, 9.17) is 5.84 Å². The van der Waals surface area contributed by atoms with Gasteiger partial charge in [-0.25, -0.2) is 14.1 Å². The highest BCUT2D eigenvalue weighted by atomic mass is 32.2. The van der Waals surface area contributed by atoms with E-state index in [0.717, 1.165) is 11.1 Å². The minimum Gasteiger partial charge on any atom is -0.336 e. The van der Waals surface area contributed by atoms with Crippen LogP contribution in [0.5, 0.6) is 0 Å². The number of nitrogen functional groups attached to an aromatic ring is 1. The molecule has 7 nitrogen and oxygen atoms in total. The summed E-state index contributed by atoms with van der Waals surface area (Å²) in [6.07, 6.45) is 0. The second-order valence-electron chi connectivity index (χ2n) is 8.70. The first kappa shape index (κ1) is 23.9. The van der Waals surface area contributed by atoms with Crippen molar-refractivity contribution in [2.75, 3.05) is 16.5 Å². The summed E-state index contributed by atoms with van der Waals surface area (Å²) in [6, 6.07) is 15.9. The van der Waals surface area contributed by atoms with Crippen molar-refractivity contribution in [1.29, 1.82) is 0 Å². The molecule has 2 N–H and O–H groups in total. The lowest BCUT2D eigenvalue weighted by Crippen LogP contribution is -2.32. The Kier molecular flexibility index (Phi) is 6.99. The molecule has 0 saturated carbocycles. The van der Waals surface area contributed by atoms with Gasteiger partial charge < -0.3 is 5.84 Å². The Morgan fingerprint density at radius 2 is 1.82 bits per heavy atom. The predicted molar refractivity (Wildman–Crippen MR) is 135 cm³/mol. The average molecular weight is 497 g/mol. The molecule has 2 aromatic carbocycles. The molecule has 0 aliphatic rings. The highest BCUT2D eigenvalue weighted by Gasteiger charge is 2.25. The lowest BCUT2D eigenvalue weighted by atomic mass is 9.96. The summed E-state index contributed by atoms with van der Waals surface area (Å²) in [5.74, 6) is 6.51. The Balaban J connectivity index is 1.56. The van der Waals surface area contributed by atoms with Gasteiger partial charge in [0.25, 0.3) is 0 Å². The summed E-state index contributed by atoms with van der Waals surface area (Å²) in [4.78, 5) is 19.7. The van der Waals surface area contributed by atoms with Gasteiger partial charge in [0.05, 0.1) is 18.0 Å². The van der Waals surface area contributed by atoms with Gasteiger partial charge in [-0.15, -0.1) is 21.5 Å². The van der Waals surface area contributed by atoms with Crippen molar-refractivity contribution in [2.45, 2.75) is 37.9 Å². The molecule has 4 aromatic rings. The zero-order valence-electron chi connectivity index (χ0n) is 19.1. The smallest absolute Gasteiger partial charge is 0.239 e. The first-order valence-electron chi connectivity index (χ1n) is 10.6. The molecule has 10 heteroatoms. The maximum Gasteiger partial charge on any atom is 0.239 e. The Bertz CT molecular complexity index is 1260. The summed E-state index contributed by atoms with van der Waals surface area (Å²) >= 11 is 2.61. The zero-order valence-corrected chi connectivity index (χ0v) is 20.7. The molecule has 0 bridgehead atoms. The summed E-state index contributed by atoms with van der Waals surface area (Å²) in [7, 11) is 0. The van der Waals surface area contributed by atoms with Crippen molar-refractivity contribution in [3.8, 4) is 11.3 Å². The zero-order chi connectivity index (χ0) is 24.3. The van der Waals surface area contributed by atoms with Gasteiger partial charge in [0.2, 0.25) is 11.1 Å². The minimum absolute atomic E-state index is 0.123. The van der Waals surface area contributed by atoms with Crippen LogP contribution in [0.25, 0.3) is 11.3 Å². The number of benzene rings is 2. The molecule has 0 aliphatic heterocycles. The van der Waals surface area contributed by atoms with E-state index in [2.05, 4.69) is 15.2 Å². The normalized spacial score (nSPS) is 11.5. The van der Waals surface area contributed by atoms with Gasteiger partial charge in [-0.2, -0.15) is 0 Å². The van der Waals surface area contributed by atoms with Crippen LogP contribution in [0.4, 0.5) is 9.52 Å². The van der Waals surface area contributed by atoms with Crippen LogP contribution in [-0.2, 0) is 16.8 Å². The molecule has 2 heterocycles. The molecular weight excluding hydrogens is 471 g/mol. The molecule has 4 rings (SSSR count). The molecule has 1 amide bonds. The summed E-state index contributed by atoms with van der Waals surface area (Å²) in [5, 5.41) is 11.3. The van der Waals surface area contributed by atoms with E-state index in [0.29, 0.717) is 28.4 Å². The van der Waals surface area contributed by atoms with Crippen LogP contribution >= 0.6 is 23.1 Å². The van der Waals surface area contributed by atoms with Crippen molar-refractivity contribution in [1.82, 2.24) is 19.9 Å². The minimum atomic E-state index is -0.306. The first-order valence-corrected chi connectivity index (χ1v) is 12.5. The third-order valence-electron chi connectivity index (χ3n) is 5.01. The lowest BCUT2D eigenvalue weighted by molar-refractivity contribution is -0.116. The lowest BCUT2D eigenvalue weighted by Gasteiger charge is -2.20. The number of thiazole rings is 1. The molecule has 0 aliphatic carbocycles. The Hall–Kier alpha value is -3.24. The van der Waals surface area contributed by atoms with Gasteiger partial charge in [-0.05, 0) is 29.8 Å². The highest BCUT2D eigenvalue weighted by Crippen LogP contribution is 2.30. The largest absolute Gasteiger partial charge is 0.336 e. The summed E-state index contributed by atoms with van der Waals surface area (Å²) in [6.45, 7) is 6.38. The van der Waals surface area contributed by atoms with Crippen LogP contribution in [0.1, 0.15) is 32.2 Å². The number of rotatable bonds is 7. The molecule has 0 atom stereocenters. The van der Waals surface area contributed by atoms with Crippen LogP contribution in [0.3, 0.4) is 0 Å². The van der Waals surface area contributed by atoms with Gasteiger partial charge in [0.1, 0.15) is 5.82 Å². The van der Waals surface area contributed by atoms with Gasteiger partial charge in [0.15, 0.2) is 11.0 Å². The van der Waals surface area contributed by atoms with Crippen LogP contribution in [-0.4, -0.2) is 31.5 Å². The van der Waals surface area contributed by atoms with Crippen molar-refractivity contribution in [3.63, 3.8) is 0 Å². The molecule has 176 valence electrons. The Morgan fingerprint density at radius 1 is 1.12 bits per heavy atom. The third kappa shape index (κ3) is 5.45. The number of carbonyl (C=O) groups is 1. The molecule has 0 radical (unpaired) electrons. The number of nitrogens with two attached hydrogens (primary N) is 1. The molecule has 0 unspecified atom stereocenters. The van der Waals surface area contributed by atoms with Gasteiger partial charge in [-0.1, -0.05) is 62.9 Å². The van der Waals surface area contributed by atoms with E-state index in [9.17, 15) is 9.18 Å². The fraction of sp³-hybridized carbons (Fsp3) is 0.250. The molecule has 0 fully saturated rings. The monoisotopic (exact) mass is 496 g/mol. The van der Waals surface area contributed by atoms with Crippen LogP contribution in [0.2, 0.25) is 0 Å². The topological polar surface area (TPSA) is 89.9 Å². The van der Waals surface area contributed by atoms with Crippen molar-refractivity contribution >= 4 is 34.1 Å². The standard InChI is InChI=1S/C24H25FN6OS2/c1-24(2,3)21-28-29-23(31(21)26)34-15-20(32)30(13-16-7-5-4-6-8-16)22-27-19(14-33-22)17-9-11-18(25)12-10-17/h4-12,14H,13,15,26H2,1-3H3. The van der Waals surface area contributed by atoms with Crippen molar-refractivity contribution in [2.24, 2.45) is 0 Å². The van der Waals surface area contributed by atoms with E-state index in [1.807, 2.05) is 56.5 Å². The predicted octanol–water partition coefficient (Wildman–Crippen LogP) is 4.88. The van der Waals surface area contributed by atoms with Crippen molar-refractivity contribution < 1.29 is 9.18 Å². The van der Waals surface area contributed by atoms with Crippen LogP contribution in [0.15, 0.2) is 65.1 Å². The maximum absolute atomic E-state index is 13.4. The number of amides is 1. The molecule has 0 spiro atoms. The number of carbonyl (C=O) groups excluding carboxylic acids is 1. The fourth-order valence-corrected chi connectivity index (χ4v) is 4.84. The second kappa shape index (κ2) is 9.94. The number of hydrogen-bond donors (Lipinski definition) is 1. The highest BCUT2D eigenvalue weighted by molar-refractivity contribution is 7.99. The third-order valence-corrected chi connectivity index (χ3v) is 6.80. The first-order chi connectivity index (χ1) is 16.2. The average Bonchev–Trinajstić information content (AvgIpc) is 3.44. The Labute approximate surface area is 205 Å². The maximum atomic E-state index is 13.4. The van der Waals surface area contributed by atoms with E-state index in [1.54, 1.807) is 17.0 Å². The Morgan fingerprint density at radius 3 is 2.47 bits per heavy atom. The van der Waals surface area contributed by atoms with Crippen molar-refractivity contribution in [3.05, 3.63) is 77.2 Å². The number of halogens is 1. The molecule has 0 saturated heterocycles. The number of aromatic nitrogens is 4. The molecule has 2 aromatic heterocycles. The quantitative estimate of drug-likeness (QED) is 0.290. The fourth-order valence-electron chi connectivity index (χ4n) is 3.26. The van der Waals surface area contributed by atoms with Crippen LogP contribution < -0.4 is 10.7 Å². The molecule has 34 heavy (non-hydrogen) atoms. The SMILES string of the molecule is CC(C)(C)c1nnc(SCC(=O)N(Cc2ccccc2)c2nc(-c3ccc(F)cc3)cs2)n1N.